The standard InChI is InChI=1S/C10H17N3O3/c1-3-4-11-5-9(15)13-6-8(14)12-10(16)7(13)2/h7,11H,3-6H2,1-2H3,(H,12,14,16). The van der Waals surface area contributed by atoms with Gasteiger partial charge in [-0.25, -0.2) is 0 Å². The van der Waals surface area contributed by atoms with Gasteiger partial charge in [-0.2, -0.15) is 0 Å². The Hall–Kier alpha value is -1.43. The first-order valence-electron chi connectivity index (χ1n) is 5.40. The van der Waals surface area contributed by atoms with Gasteiger partial charge in [-0.3, -0.25) is 19.7 Å². The van der Waals surface area contributed by atoms with Gasteiger partial charge in [0.1, 0.15) is 12.6 Å². The van der Waals surface area contributed by atoms with E-state index >= 15 is 0 Å². The second-order valence-corrected chi connectivity index (χ2v) is 3.79. The Labute approximate surface area is 94.4 Å². The number of rotatable bonds is 4. The van der Waals surface area contributed by atoms with Gasteiger partial charge in [0, 0.05) is 0 Å². The van der Waals surface area contributed by atoms with E-state index in [1.807, 2.05) is 6.92 Å². The van der Waals surface area contributed by atoms with Crippen molar-refractivity contribution in [1.29, 1.82) is 0 Å². The van der Waals surface area contributed by atoms with E-state index < -0.39 is 17.9 Å². The molecule has 0 spiro atoms. The fourth-order valence-electron chi connectivity index (χ4n) is 1.49. The first kappa shape index (κ1) is 12.6. The zero-order chi connectivity index (χ0) is 12.1. The first-order chi connectivity index (χ1) is 7.56. The van der Waals surface area contributed by atoms with Crippen LogP contribution in [0.2, 0.25) is 0 Å². The minimum atomic E-state index is -0.575. The number of imide groups is 1. The summed E-state index contributed by atoms with van der Waals surface area (Å²) in [6.45, 7) is 4.48. The Morgan fingerprint density at radius 3 is 2.88 bits per heavy atom. The van der Waals surface area contributed by atoms with Gasteiger partial charge in [-0.1, -0.05) is 6.92 Å². The molecule has 1 aliphatic heterocycles. The number of amides is 3. The topological polar surface area (TPSA) is 78.5 Å². The average Bonchev–Trinajstić information content (AvgIpc) is 2.23. The third kappa shape index (κ3) is 3.03. The summed E-state index contributed by atoms with van der Waals surface area (Å²) >= 11 is 0. The maximum absolute atomic E-state index is 11.7. The summed E-state index contributed by atoms with van der Waals surface area (Å²) in [7, 11) is 0. The first-order valence-corrected chi connectivity index (χ1v) is 5.40. The average molecular weight is 227 g/mol. The highest BCUT2D eigenvalue weighted by atomic mass is 16.2. The molecule has 0 aliphatic carbocycles. The van der Waals surface area contributed by atoms with Crippen molar-refractivity contribution in [3.8, 4) is 0 Å². The maximum Gasteiger partial charge on any atom is 0.249 e. The van der Waals surface area contributed by atoms with Crippen LogP contribution in [0.25, 0.3) is 0 Å². The Morgan fingerprint density at radius 1 is 1.56 bits per heavy atom. The SMILES string of the molecule is CCCNCC(=O)N1CC(=O)NC(=O)C1C. The van der Waals surface area contributed by atoms with Gasteiger partial charge < -0.3 is 10.2 Å². The molecule has 6 nitrogen and oxygen atoms in total. The summed E-state index contributed by atoms with van der Waals surface area (Å²) in [5.41, 5.74) is 0. The van der Waals surface area contributed by atoms with E-state index in [-0.39, 0.29) is 19.0 Å². The molecule has 0 aromatic heterocycles. The lowest BCUT2D eigenvalue weighted by Crippen LogP contribution is -2.59. The van der Waals surface area contributed by atoms with E-state index in [0.717, 1.165) is 13.0 Å². The minimum Gasteiger partial charge on any atom is -0.321 e. The Kier molecular flexibility index (Phi) is 4.42. The highest BCUT2D eigenvalue weighted by molar-refractivity contribution is 6.04. The zero-order valence-corrected chi connectivity index (χ0v) is 9.58. The molecule has 6 heteroatoms. The third-order valence-electron chi connectivity index (χ3n) is 2.45. The van der Waals surface area contributed by atoms with Gasteiger partial charge in [-0.15, -0.1) is 0 Å². The lowest BCUT2D eigenvalue weighted by atomic mass is 10.2. The van der Waals surface area contributed by atoms with Crippen LogP contribution in [0.15, 0.2) is 0 Å². The molecule has 1 unspecified atom stereocenters. The van der Waals surface area contributed by atoms with E-state index in [4.69, 9.17) is 0 Å². The molecule has 2 N–H and O–H groups in total. The lowest BCUT2D eigenvalue weighted by molar-refractivity contribution is -0.148. The summed E-state index contributed by atoms with van der Waals surface area (Å²) in [6, 6.07) is -0.575. The van der Waals surface area contributed by atoms with Crippen LogP contribution in [-0.4, -0.2) is 48.3 Å². The zero-order valence-electron chi connectivity index (χ0n) is 9.58. The van der Waals surface area contributed by atoms with Crippen LogP contribution in [0.4, 0.5) is 0 Å². The second kappa shape index (κ2) is 5.60. The molecule has 1 atom stereocenters. The lowest BCUT2D eigenvalue weighted by Gasteiger charge is -2.31. The number of piperazine rings is 1. The summed E-state index contributed by atoms with van der Waals surface area (Å²) in [6.07, 6.45) is 0.933. The molecule has 0 aromatic carbocycles. The van der Waals surface area contributed by atoms with Crippen LogP contribution in [0.1, 0.15) is 20.3 Å². The quantitative estimate of drug-likeness (QED) is 0.470. The van der Waals surface area contributed by atoms with E-state index in [1.165, 1.54) is 4.90 Å². The molecular formula is C10H17N3O3. The molecule has 3 amide bonds. The van der Waals surface area contributed by atoms with Crippen LogP contribution >= 0.6 is 0 Å². The van der Waals surface area contributed by atoms with Crippen molar-refractivity contribution in [2.45, 2.75) is 26.3 Å². The molecule has 0 saturated carbocycles. The highest BCUT2D eigenvalue weighted by Crippen LogP contribution is 2.04. The third-order valence-corrected chi connectivity index (χ3v) is 2.45. The molecule has 0 bridgehead atoms. The Bertz CT molecular complexity index is 304. The van der Waals surface area contributed by atoms with E-state index in [9.17, 15) is 14.4 Å². The molecule has 1 rings (SSSR count). The van der Waals surface area contributed by atoms with Crippen molar-refractivity contribution in [3.05, 3.63) is 0 Å². The fraction of sp³-hybridized carbons (Fsp3) is 0.700. The van der Waals surface area contributed by atoms with Crippen molar-refractivity contribution in [1.82, 2.24) is 15.5 Å². The van der Waals surface area contributed by atoms with Crippen molar-refractivity contribution >= 4 is 17.7 Å². The summed E-state index contributed by atoms with van der Waals surface area (Å²) < 4.78 is 0. The van der Waals surface area contributed by atoms with Gasteiger partial charge in [0.15, 0.2) is 0 Å². The predicted molar refractivity (Wildman–Crippen MR) is 57.5 cm³/mol. The molecular weight excluding hydrogens is 210 g/mol. The number of nitrogens with zero attached hydrogens (tertiary/aromatic N) is 1. The largest absolute Gasteiger partial charge is 0.321 e. The fourth-order valence-corrected chi connectivity index (χ4v) is 1.49. The molecule has 1 saturated heterocycles. The summed E-state index contributed by atoms with van der Waals surface area (Å²) in [5, 5.41) is 5.14. The van der Waals surface area contributed by atoms with E-state index in [2.05, 4.69) is 10.6 Å². The van der Waals surface area contributed by atoms with Crippen molar-refractivity contribution in [3.63, 3.8) is 0 Å². The molecule has 0 aromatic rings. The molecule has 1 aliphatic rings. The summed E-state index contributed by atoms with van der Waals surface area (Å²) in [4.78, 5) is 35.4. The monoisotopic (exact) mass is 227 g/mol. The van der Waals surface area contributed by atoms with Crippen LogP contribution in [0.5, 0.6) is 0 Å². The number of carbonyl (C=O) groups excluding carboxylic acids is 3. The Balaban J connectivity index is 2.53. The highest BCUT2D eigenvalue weighted by Gasteiger charge is 2.32. The number of nitrogens with one attached hydrogen (secondary N) is 2. The Morgan fingerprint density at radius 2 is 2.25 bits per heavy atom. The van der Waals surface area contributed by atoms with Gasteiger partial charge >= 0.3 is 0 Å². The van der Waals surface area contributed by atoms with Crippen molar-refractivity contribution in [2.24, 2.45) is 0 Å². The molecule has 1 heterocycles. The van der Waals surface area contributed by atoms with Crippen molar-refractivity contribution in [2.75, 3.05) is 19.6 Å². The van der Waals surface area contributed by atoms with Crippen LogP contribution in [0.3, 0.4) is 0 Å². The number of hydrogen-bond acceptors (Lipinski definition) is 4. The van der Waals surface area contributed by atoms with Crippen LogP contribution in [0, 0.1) is 0 Å². The van der Waals surface area contributed by atoms with Crippen LogP contribution < -0.4 is 10.6 Å². The maximum atomic E-state index is 11.7. The van der Waals surface area contributed by atoms with Gasteiger partial charge in [0.25, 0.3) is 0 Å². The molecule has 16 heavy (non-hydrogen) atoms. The molecule has 1 fully saturated rings. The van der Waals surface area contributed by atoms with Crippen molar-refractivity contribution < 1.29 is 14.4 Å². The minimum absolute atomic E-state index is 0.0421. The number of hydrogen-bond donors (Lipinski definition) is 2. The van der Waals surface area contributed by atoms with E-state index in [1.54, 1.807) is 6.92 Å². The molecule has 90 valence electrons. The predicted octanol–water partition coefficient (Wildman–Crippen LogP) is -1.14. The smallest absolute Gasteiger partial charge is 0.249 e. The summed E-state index contributed by atoms with van der Waals surface area (Å²) in [5.74, 6) is -1.06. The van der Waals surface area contributed by atoms with E-state index in [0.29, 0.717) is 0 Å². The van der Waals surface area contributed by atoms with Gasteiger partial charge in [-0.05, 0) is 19.9 Å². The number of carbonyl (C=O) groups is 3. The second-order valence-electron chi connectivity index (χ2n) is 3.79. The molecule has 0 radical (unpaired) electrons. The van der Waals surface area contributed by atoms with Gasteiger partial charge in [0.05, 0.1) is 6.54 Å². The van der Waals surface area contributed by atoms with Gasteiger partial charge in [0.2, 0.25) is 17.7 Å². The normalized spacial score (nSPS) is 20.9. The van der Waals surface area contributed by atoms with Crippen LogP contribution in [-0.2, 0) is 14.4 Å².